The maximum Gasteiger partial charge on any atom is 0.390 e. The van der Waals surface area contributed by atoms with E-state index in [2.05, 4.69) is 5.32 Å². The molecule has 0 unspecified atom stereocenters. The van der Waals surface area contributed by atoms with Gasteiger partial charge in [-0.25, -0.2) is 13.1 Å². The van der Waals surface area contributed by atoms with Crippen LogP contribution in [-0.2, 0) is 23.1 Å². The van der Waals surface area contributed by atoms with Crippen molar-refractivity contribution in [3.63, 3.8) is 0 Å². The lowest BCUT2D eigenvalue weighted by molar-refractivity contribution is -0.132. The molecule has 21 heavy (non-hydrogen) atoms. The highest BCUT2D eigenvalue weighted by atomic mass is 32.2. The summed E-state index contributed by atoms with van der Waals surface area (Å²) in [5, 5.41) is 2.93. The van der Waals surface area contributed by atoms with E-state index in [9.17, 15) is 21.6 Å². The molecule has 0 aliphatic heterocycles. The van der Waals surface area contributed by atoms with Gasteiger partial charge < -0.3 is 9.88 Å². The van der Waals surface area contributed by atoms with Crippen LogP contribution in [0.1, 0.15) is 25.5 Å². The summed E-state index contributed by atoms with van der Waals surface area (Å²) in [5.41, 5.74) is 0.774. The SMILES string of the molecule is CCCn1cc(S(=O)(=O)NCCC(F)(F)F)cc1CNC. The molecule has 0 spiro atoms. The van der Waals surface area contributed by atoms with Crippen molar-refractivity contribution in [2.45, 2.75) is 43.9 Å². The van der Waals surface area contributed by atoms with Crippen LogP contribution in [0.4, 0.5) is 13.2 Å². The Morgan fingerprint density at radius 1 is 1.33 bits per heavy atom. The average Bonchev–Trinajstić information content (AvgIpc) is 2.72. The van der Waals surface area contributed by atoms with E-state index in [4.69, 9.17) is 0 Å². The van der Waals surface area contributed by atoms with E-state index < -0.39 is 29.2 Å². The molecule has 0 atom stereocenters. The molecule has 0 radical (unpaired) electrons. The molecule has 0 amide bonds. The van der Waals surface area contributed by atoms with Crippen LogP contribution in [0.2, 0.25) is 0 Å². The number of nitrogens with zero attached hydrogens (tertiary/aromatic N) is 1. The van der Waals surface area contributed by atoms with Crippen molar-refractivity contribution in [2.75, 3.05) is 13.6 Å². The van der Waals surface area contributed by atoms with E-state index >= 15 is 0 Å². The Morgan fingerprint density at radius 3 is 2.52 bits per heavy atom. The van der Waals surface area contributed by atoms with Gasteiger partial charge in [0.1, 0.15) is 0 Å². The number of alkyl halides is 3. The van der Waals surface area contributed by atoms with Crippen molar-refractivity contribution in [1.29, 1.82) is 0 Å². The minimum atomic E-state index is -4.38. The molecule has 1 heterocycles. The van der Waals surface area contributed by atoms with Crippen molar-refractivity contribution in [2.24, 2.45) is 0 Å². The number of rotatable bonds is 8. The minimum Gasteiger partial charge on any atom is -0.349 e. The quantitative estimate of drug-likeness (QED) is 0.766. The number of sulfonamides is 1. The summed E-state index contributed by atoms with van der Waals surface area (Å²) in [6.07, 6.45) is -3.29. The molecular formula is C12H20F3N3O2S. The molecule has 1 rings (SSSR count). The van der Waals surface area contributed by atoms with E-state index in [-0.39, 0.29) is 4.90 Å². The molecular weight excluding hydrogens is 307 g/mol. The van der Waals surface area contributed by atoms with Gasteiger partial charge in [-0.3, -0.25) is 0 Å². The molecule has 0 aliphatic rings. The molecule has 0 bridgehead atoms. The highest BCUT2D eigenvalue weighted by Crippen LogP contribution is 2.19. The lowest BCUT2D eigenvalue weighted by Gasteiger charge is -2.07. The van der Waals surface area contributed by atoms with Crippen molar-refractivity contribution in [3.05, 3.63) is 18.0 Å². The second-order valence-corrected chi connectivity index (χ2v) is 6.42. The van der Waals surface area contributed by atoms with Gasteiger partial charge in [-0.2, -0.15) is 13.2 Å². The third kappa shape index (κ3) is 5.68. The monoisotopic (exact) mass is 327 g/mol. The number of hydrogen-bond donors (Lipinski definition) is 2. The summed E-state index contributed by atoms with van der Waals surface area (Å²) >= 11 is 0. The van der Waals surface area contributed by atoms with E-state index in [1.807, 2.05) is 11.6 Å². The predicted octanol–water partition coefficient (Wildman–Crippen LogP) is 1.85. The zero-order valence-electron chi connectivity index (χ0n) is 12.0. The third-order valence-corrected chi connectivity index (χ3v) is 4.22. The van der Waals surface area contributed by atoms with Gasteiger partial charge in [-0.1, -0.05) is 6.92 Å². The van der Waals surface area contributed by atoms with Crippen LogP contribution in [0, 0.1) is 0 Å². The molecule has 122 valence electrons. The van der Waals surface area contributed by atoms with E-state index in [1.165, 1.54) is 12.3 Å². The highest BCUT2D eigenvalue weighted by Gasteiger charge is 2.28. The smallest absolute Gasteiger partial charge is 0.349 e. The normalized spacial score (nSPS) is 12.8. The number of aryl methyl sites for hydroxylation is 1. The van der Waals surface area contributed by atoms with Crippen molar-refractivity contribution >= 4 is 10.0 Å². The first kappa shape index (κ1) is 18.0. The van der Waals surface area contributed by atoms with Gasteiger partial charge in [-0.15, -0.1) is 0 Å². The van der Waals surface area contributed by atoms with Crippen LogP contribution in [-0.4, -0.2) is 32.8 Å². The van der Waals surface area contributed by atoms with Crippen LogP contribution < -0.4 is 10.0 Å². The van der Waals surface area contributed by atoms with Gasteiger partial charge in [0.25, 0.3) is 0 Å². The van der Waals surface area contributed by atoms with Crippen molar-refractivity contribution < 1.29 is 21.6 Å². The van der Waals surface area contributed by atoms with Gasteiger partial charge in [0, 0.05) is 31.5 Å². The van der Waals surface area contributed by atoms with E-state index in [0.717, 1.165) is 12.1 Å². The fourth-order valence-electron chi connectivity index (χ4n) is 1.86. The van der Waals surface area contributed by atoms with Crippen molar-refractivity contribution in [1.82, 2.24) is 14.6 Å². The fourth-order valence-corrected chi connectivity index (χ4v) is 2.96. The zero-order valence-corrected chi connectivity index (χ0v) is 12.8. The first-order valence-electron chi connectivity index (χ1n) is 6.59. The molecule has 5 nitrogen and oxygen atoms in total. The Kier molecular flexibility index (Phi) is 6.24. The van der Waals surface area contributed by atoms with Gasteiger partial charge in [0.05, 0.1) is 11.3 Å². The number of hydrogen-bond acceptors (Lipinski definition) is 3. The number of halogens is 3. The Bertz CT molecular complexity index is 529. The summed E-state index contributed by atoms with van der Waals surface area (Å²) in [6, 6.07) is 1.47. The second-order valence-electron chi connectivity index (χ2n) is 4.65. The maximum absolute atomic E-state index is 12.1. The Hall–Kier alpha value is -1.06. The Balaban J connectivity index is 2.85. The Labute approximate surface area is 122 Å². The molecule has 0 aliphatic carbocycles. The summed E-state index contributed by atoms with van der Waals surface area (Å²) < 4.78 is 63.9. The Morgan fingerprint density at radius 2 is 2.00 bits per heavy atom. The number of nitrogens with one attached hydrogen (secondary N) is 2. The maximum atomic E-state index is 12.1. The minimum absolute atomic E-state index is 0.0108. The summed E-state index contributed by atoms with van der Waals surface area (Å²) in [7, 11) is -2.18. The second kappa shape index (κ2) is 7.28. The lowest BCUT2D eigenvalue weighted by atomic mass is 10.4. The first-order chi connectivity index (χ1) is 9.69. The predicted molar refractivity (Wildman–Crippen MR) is 73.3 cm³/mol. The molecule has 1 aromatic rings. The average molecular weight is 327 g/mol. The molecule has 0 fully saturated rings. The van der Waals surface area contributed by atoms with Crippen LogP contribution in [0.25, 0.3) is 0 Å². The van der Waals surface area contributed by atoms with Gasteiger partial charge in [0.2, 0.25) is 10.0 Å². The van der Waals surface area contributed by atoms with Crippen LogP contribution in [0.5, 0.6) is 0 Å². The largest absolute Gasteiger partial charge is 0.390 e. The highest BCUT2D eigenvalue weighted by molar-refractivity contribution is 7.89. The van der Waals surface area contributed by atoms with Gasteiger partial charge in [0.15, 0.2) is 0 Å². The standard InChI is InChI=1S/C12H20F3N3O2S/c1-3-6-18-9-11(7-10(18)8-16-2)21(19,20)17-5-4-12(13,14)15/h7,9,16-17H,3-6,8H2,1-2H3. The van der Waals surface area contributed by atoms with E-state index in [1.54, 1.807) is 11.6 Å². The van der Waals surface area contributed by atoms with Crippen LogP contribution >= 0.6 is 0 Å². The fraction of sp³-hybridized carbons (Fsp3) is 0.667. The number of aromatic nitrogens is 1. The molecule has 0 saturated heterocycles. The molecule has 0 saturated carbocycles. The first-order valence-corrected chi connectivity index (χ1v) is 8.08. The third-order valence-electron chi connectivity index (χ3n) is 2.79. The van der Waals surface area contributed by atoms with Gasteiger partial charge >= 0.3 is 6.18 Å². The summed E-state index contributed by atoms with van der Waals surface area (Å²) in [6.45, 7) is 2.43. The van der Waals surface area contributed by atoms with Crippen molar-refractivity contribution in [3.8, 4) is 0 Å². The zero-order chi connectivity index (χ0) is 16.1. The molecule has 1 aromatic heterocycles. The topological polar surface area (TPSA) is 63.1 Å². The van der Waals surface area contributed by atoms with Gasteiger partial charge in [-0.05, 0) is 19.5 Å². The summed E-state index contributed by atoms with van der Waals surface area (Å²) in [4.78, 5) is -0.0108. The lowest BCUT2D eigenvalue weighted by Crippen LogP contribution is -2.27. The molecule has 2 N–H and O–H groups in total. The summed E-state index contributed by atoms with van der Waals surface area (Å²) in [5.74, 6) is 0. The molecule has 9 heteroatoms. The molecule has 0 aromatic carbocycles. The van der Waals surface area contributed by atoms with E-state index in [0.29, 0.717) is 13.1 Å². The van der Waals surface area contributed by atoms with Crippen LogP contribution in [0.15, 0.2) is 17.2 Å². The van der Waals surface area contributed by atoms with Crippen LogP contribution in [0.3, 0.4) is 0 Å².